The van der Waals surface area contributed by atoms with Crippen molar-refractivity contribution in [1.29, 1.82) is 0 Å². The summed E-state index contributed by atoms with van der Waals surface area (Å²) >= 11 is 1.57. The summed E-state index contributed by atoms with van der Waals surface area (Å²) in [5.41, 5.74) is 5.24. The third-order valence-electron chi connectivity index (χ3n) is 8.03. The molecule has 0 bridgehead atoms. The lowest BCUT2D eigenvalue weighted by Gasteiger charge is -2.39. The molecule has 6 rings (SSSR count). The summed E-state index contributed by atoms with van der Waals surface area (Å²) in [4.78, 5) is 35.3. The van der Waals surface area contributed by atoms with Crippen LogP contribution in [0.2, 0.25) is 0 Å². The highest BCUT2D eigenvalue weighted by molar-refractivity contribution is 7.07. The fourth-order valence-electron chi connectivity index (χ4n) is 5.69. The second kappa shape index (κ2) is 10.6. The fraction of sp³-hybridized carbons (Fsp3) is 0.219. The Morgan fingerprint density at radius 1 is 1.02 bits per heavy atom. The average molecular weight is 552 g/mol. The molecular formula is C32H29N3O4S. The van der Waals surface area contributed by atoms with Crippen molar-refractivity contribution in [2.75, 3.05) is 13.1 Å². The van der Waals surface area contributed by atoms with E-state index in [4.69, 9.17) is 0 Å². The number of hydrogen-bond donors (Lipinski definition) is 3. The van der Waals surface area contributed by atoms with Gasteiger partial charge >= 0.3 is 5.97 Å². The predicted molar refractivity (Wildman–Crippen MR) is 156 cm³/mol. The smallest absolute Gasteiger partial charge is 0.310 e. The number of aromatic hydroxyl groups is 1. The summed E-state index contributed by atoms with van der Waals surface area (Å²) in [7, 11) is 0. The van der Waals surface area contributed by atoms with Crippen molar-refractivity contribution in [3.8, 4) is 28.1 Å². The maximum absolute atomic E-state index is 13.6. The molecule has 0 atom stereocenters. The van der Waals surface area contributed by atoms with Crippen LogP contribution >= 0.6 is 11.3 Å². The monoisotopic (exact) mass is 551 g/mol. The topological polar surface area (TPSA) is 107 Å². The molecule has 3 aromatic heterocycles. The predicted octanol–water partition coefficient (Wildman–Crippen LogP) is 6.14. The van der Waals surface area contributed by atoms with Crippen molar-refractivity contribution in [2.24, 2.45) is 5.41 Å². The van der Waals surface area contributed by atoms with E-state index in [1.807, 2.05) is 59.3 Å². The number of carbonyl (C=O) groups excluding carboxylic acids is 1. The summed E-state index contributed by atoms with van der Waals surface area (Å²) in [5.74, 6) is -0.624. The van der Waals surface area contributed by atoms with Crippen molar-refractivity contribution in [2.45, 2.75) is 25.7 Å². The molecule has 40 heavy (non-hydrogen) atoms. The van der Waals surface area contributed by atoms with Gasteiger partial charge in [-0.25, -0.2) is 0 Å². The Bertz CT molecular complexity index is 1650. The van der Waals surface area contributed by atoms with Gasteiger partial charge in [0.1, 0.15) is 5.75 Å². The Morgan fingerprint density at radius 3 is 2.58 bits per heavy atom. The lowest BCUT2D eigenvalue weighted by molar-refractivity contribution is -0.154. The number of hydrogen-bond acceptors (Lipinski definition) is 5. The molecule has 0 spiro atoms. The molecule has 0 aliphatic carbocycles. The second-order valence-corrected chi connectivity index (χ2v) is 11.3. The number of rotatable bonds is 7. The van der Waals surface area contributed by atoms with Crippen LogP contribution in [-0.2, 0) is 22.4 Å². The van der Waals surface area contributed by atoms with Crippen LogP contribution in [0.3, 0.4) is 0 Å². The van der Waals surface area contributed by atoms with E-state index in [-0.39, 0.29) is 18.1 Å². The lowest BCUT2D eigenvalue weighted by Crippen LogP contribution is -2.48. The number of phenols is 1. The van der Waals surface area contributed by atoms with Gasteiger partial charge in [0.2, 0.25) is 5.91 Å². The van der Waals surface area contributed by atoms with Gasteiger partial charge in [-0.15, -0.1) is 0 Å². The first-order valence-electron chi connectivity index (χ1n) is 13.3. The number of carboxylic acid groups (broad SMARTS) is 1. The number of amides is 1. The maximum atomic E-state index is 13.6. The highest BCUT2D eigenvalue weighted by Gasteiger charge is 2.42. The Kier molecular flexibility index (Phi) is 6.86. The van der Waals surface area contributed by atoms with Gasteiger partial charge in [-0.1, -0.05) is 30.3 Å². The maximum Gasteiger partial charge on any atom is 0.310 e. The van der Waals surface area contributed by atoms with Gasteiger partial charge in [-0.3, -0.25) is 14.6 Å². The minimum absolute atomic E-state index is 0.0242. The van der Waals surface area contributed by atoms with Crippen LogP contribution in [0.15, 0.2) is 83.8 Å². The first kappa shape index (κ1) is 25.8. The number of likely N-dealkylation sites (tertiary alicyclic amines) is 1. The van der Waals surface area contributed by atoms with Crippen LogP contribution in [-0.4, -0.2) is 50.0 Å². The first-order chi connectivity index (χ1) is 19.4. The molecule has 3 N–H and O–H groups in total. The zero-order valence-electron chi connectivity index (χ0n) is 21.8. The van der Waals surface area contributed by atoms with E-state index < -0.39 is 11.4 Å². The Morgan fingerprint density at radius 2 is 1.85 bits per heavy atom. The molecule has 1 amide bonds. The molecule has 4 heterocycles. The number of piperidine rings is 1. The summed E-state index contributed by atoms with van der Waals surface area (Å²) in [5, 5.41) is 25.5. The number of aliphatic carboxylic acids is 1. The van der Waals surface area contributed by atoms with E-state index >= 15 is 0 Å². The van der Waals surface area contributed by atoms with E-state index in [1.165, 1.54) is 0 Å². The number of H-pyrrole nitrogens is 1. The molecule has 0 radical (unpaired) electrons. The number of pyridine rings is 1. The van der Waals surface area contributed by atoms with Gasteiger partial charge in [0.15, 0.2) is 0 Å². The third kappa shape index (κ3) is 4.98. The number of aromatic nitrogens is 2. The van der Waals surface area contributed by atoms with E-state index in [0.717, 1.165) is 38.9 Å². The largest absolute Gasteiger partial charge is 0.507 e. The zero-order chi connectivity index (χ0) is 27.7. The van der Waals surface area contributed by atoms with Crippen LogP contribution < -0.4 is 0 Å². The number of nitrogens with one attached hydrogen (secondary N) is 1. The van der Waals surface area contributed by atoms with E-state index in [9.17, 15) is 19.8 Å². The lowest BCUT2D eigenvalue weighted by atomic mass is 9.74. The van der Waals surface area contributed by atoms with Crippen molar-refractivity contribution < 1.29 is 19.8 Å². The van der Waals surface area contributed by atoms with Crippen molar-refractivity contribution in [1.82, 2.24) is 14.9 Å². The third-order valence-corrected chi connectivity index (χ3v) is 8.76. The van der Waals surface area contributed by atoms with Crippen molar-refractivity contribution in [3.63, 3.8) is 0 Å². The number of carbonyl (C=O) groups is 2. The molecule has 8 heteroatoms. The summed E-state index contributed by atoms with van der Waals surface area (Å²) in [6.07, 6.45) is 5.05. The normalized spacial score (nSPS) is 14.8. The second-order valence-electron chi connectivity index (χ2n) is 10.5. The minimum atomic E-state index is -0.846. The Labute approximate surface area is 235 Å². The summed E-state index contributed by atoms with van der Waals surface area (Å²) < 4.78 is 0. The number of aromatic amines is 1. The van der Waals surface area contributed by atoms with Crippen molar-refractivity contribution >= 4 is 34.1 Å². The van der Waals surface area contributed by atoms with Crippen LogP contribution in [0.5, 0.6) is 5.75 Å². The van der Waals surface area contributed by atoms with Crippen molar-refractivity contribution in [3.05, 3.63) is 94.9 Å². The molecule has 1 saturated heterocycles. The summed E-state index contributed by atoms with van der Waals surface area (Å²) in [6, 6.07) is 19.0. The molecule has 1 aliphatic heterocycles. The molecule has 2 aromatic carbocycles. The number of carboxylic acids is 1. The van der Waals surface area contributed by atoms with Gasteiger partial charge < -0.3 is 20.1 Å². The molecule has 0 saturated carbocycles. The molecular weight excluding hydrogens is 522 g/mol. The van der Waals surface area contributed by atoms with Crippen LogP contribution in [0.4, 0.5) is 0 Å². The number of thiophene rings is 1. The van der Waals surface area contributed by atoms with Gasteiger partial charge in [0.05, 0.1) is 23.5 Å². The van der Waals surface area contributed by atoms with E-state index in [2.05, 4.69) is 9.97 Å². The number of fused-ring (bicyclic) bond motifs is 1. The molecule has 202 valence electrons. The van der Waals surface area contributed by atoms with Crippen LogP contribution in [0.25, 0.3) is 33.3 Å². The molecule has 5 aromatic rings. The zero-order valence-corrected chi connectivity index (χ0v) is 22.7. The van der Waals surface area contributed by atoms with Gasteiger partial charge in [0, 0.05) is 41.5 Å². The quantitative estimate of drug-likeness (QED) is 0.225. The number of para-hydroxylation sites is 1. The first-order valence-corrected chi connectivity index (χ1v) is 14.2. The molecule has 0 unspecified atom stereocenters. The number of benzene rings is 2. The van der Waals surface area contributed by atoms with E-state index in [0.29, 0.717) is 37.9 Å². The minimum Gasteiger partial charge on any atom is -0.507 e. The molecule has 1 fully saturated rings. The average Bonchev–Trinajstić information content (AvgIpc) is 3.64. The SMILES string of the molecule is O=C(Cc1ccc(-c2ccccc2O)cc1-c1cc2ccncc2[nH]1)N1CCC(Cc2ccsc2)(C(=O)O)CC1. The van der Waals surface area contributed by atoms with Crippen LogP contribution in [0.1, 0.15) is 24.0 Å². The Hall–Kier alpha value is -4.43. The van der Waals surface area contributed by atoms with Gasteiger partial charge in [0.25, 0.3) is 0 Å². The molecule has 1 aliphatic rings. The van der Waals surface area contributed by atoms with Crippen LogP contribution in [0, 0.1) is 5.41 Å². The summed E-state index contributed by atoms with van der Waals surface area (Å²) in [6.45, 7) is 0.831. The Balaban J connectivity index is 1.27. The molecule has 7 nitrogen and oxygen atoms in total. The standard InChI is InChI=1S/C32H29N3O4S/c36-29-4-2-1-3-25(29)22-5-6-23(26(15-22)27-16-24-7-11-33-19-28(24)34-27)17-30(37)35-12-9-32(10-13-35,31(38)39)18-21-8-14-40-20-21/h1-8,11,14-16,19-20,34,36H,9-10,12-13,17-18H2,(H,38,39). The fourth-order valence-corrected chi connectivity index (χ4v) is 6.36. The highest BCUT2D eigenvalue weighted by Crippen LogP contribution is 2.38. The van der Waals surface area contributed by atoms with E-state index in [1.54, 1.807) is 40.8 Å². The highest BCUT2D eigenvalue weighted by atomic mass is 32.1. The number of nitrogens with zero attached hydrogens (tertiary/aromatic N) is 2. The van der Waals surface area contributed by atoms with Gasteiger partial charge in [-0.2, -0.15) is 11.3 Å². The number of phenolic OH excluding ortho intramolecular Hbond substituents is 1. The van der Waals surface area contributed by atoms with Gasteiger partial charge in [-0.05, 0) is 77.0 Å².